The highest BCUT2D eigenvalue weighted by atomic mass is 32.2. The first kappa shape index (κ1) is 18.5. The molecule has 0 unspecified atom stereocenters. The maximum absolute atomic E-state index is 12.2. The second-order valence-corrected chi connectivity index (χ2v) is 7.80. The van der Waals surface area contributed by atoms with E-state index in [1.165, 1.54) is 37.7 Å². The summed E-state index contributed by atoms with van der Waals surface area (Å²) in [6.45, 7) is 0.192. The lowest BCUT2D eigenvalue weighted by atomic mass is 9.84. The molecule has 1 aliphatic rings. The van der Waals surface area contributed by atoms with E-state index in [0.29, 0.717) is 5.92 Å². The summed E-state index contributed by atoms with van der Waals surface area (Å²) >= 11 is 0. The van der Waals surface area contributed by atoms with Crippen molar-refractivity contribution >= 4 is 15.9 Å². The molecule has 1 aliphatic carbocycles. The van der Waals surface area contributed by atoms with Crippen molar-refractivity contribution < 1.29 is 13.2 Å². The van der Waals surface area contributed by atoms with Gasteiger partial charge in [-0.25, -0.2) is 13.1 Å². The number of hydrogen-bond acceptors (Lipinski definition) is 3. The molecule has 6 heteroatoms. The van der Waals surface area contributed by atoms with Gasteiger partial charge in [-0.15, -0.1) is 6.42 Å². The van der Waals surface area contributed by atoms with Gasteiger partial charge in [0.2, 0.25) is 15.9 Å². The average Bonchev–Trinajstić information content (AvgIpc) is 2.60. The van der Waals surface area contributed by atoms with Gasteiger partial charge in [-0.05, 0) is 36.5 Å². The summed E-state index contributed by atoms with van der Waals surface area (Å²) in [7, 11) is -3.59. The molecule has 24 heavy (non-hydrogen) atoms. The highest BCUT2D eigenvalue weighted by Crippen LogP contribution is 2.32. The third-order valence-electron chi connectivity index (χ3n) is 4.30. The molecule has 0 aliphatic heterocycles. The van der Waals surface area contributed by atoms with Crippen LogP contribution in [0.4, 0.5) is 0 Å². The fourth-order valence-electron chi connectivity index (χ4n) is 2.98. The van der Waals surface area contributed by atoms with Crippen LogP contribution in [0.5, 0.6) is 0 Å². The van der Waals surface area contributed by atoms with Crippen LogP contribution in [0.3, 0.4) is 0 Å². The zero-order chi connectivity index (χ0) is 17.4. The third kappa shape index (κ3) is 5.36. The normalized spacial score (nSPS) is 15.6. The van der Waals surface area contributed by atoms with Gasteiger partial charge in [0.15, 0.2) is 0 Å². The molecular weight excluding hydrogens is 324 g/mol. The maximum Gasteiger partial charge on any atom is 0.240 e. The van der Waals surface area contributed by atoms with Crippen LogP contribution >= 0.6 is 0 Å². The second-order valence-electron chi connectivity index (χ2n) is 6.03. The van der Waals surface area contributed by atoms with E-state index in [-0.39, 0.29) is 30.3 Å². The molecule has 0 aromatic heterocycles. The van der Waals surface area contributed by atoms with E-state index >= 15 is 0 Å². The molecule has 1 saturated carbocycles. The summed E-state index contributed by atoms with van der Waals surface area (Å²) < 4.78 is 26.9. The fourth-order valence-corrected chi connectivity index (χ4v) is 4.01. The predicted octanol–water partition coefficient (Wildman–Crippen LogP) is 2.15. The minimum atomic E-state index is -3.59. The molecule has 0 radical (unpaired) electrons. The molecule has 0 heterocycles. The van der Waals surface area contributed by atoms with Gasteiger partial charge in [0.1, 0.15) is 0 Å². The van der Waals surface area contributed by atoms with E-state index in [1.807, 2.05) is 12.1 Å². The number of benzene rings is 1. The van der Waals surface area contributed by atoms with Crippen LogP contribution < -0.4 is 10.0 Å². The SMILES string of the molecule is C#CCNC(=O)CCNS(=O)(=O)c1ccc(C2CCCCC2)cc1. The first-order chi connectivity index (χ1) is 11.5. The topological polar surface area (TPSA) is 75.3 Å². The third-order valence-corrected chi connectivity index (χ3v) is 5.78. The van der Waals surface area contributed by atoms with E-state index < -0.39 is 10.0 Å². The Morgan fingerprint density at radius 1 is 1.17 bits per heavy atom. The largest absolute Gasteiger partial charge is 0.345 e. The summed E-state index contributed by atoms with van der Waals surface area (Å²) in [6.07, 6.45) is 11.2. The minimum absolute atomic E-state index is 0.0448. The van der Waals surface area contributed by atoms with E-state index in [0.717, 1.165) is 0 Å². The van der Waals surface area contributed by atoms with Gasteiger partial charge < -0.3 is 5.32 Å². The number of rotatable bonds is 7. The Morgan fingerprint density at radius 3 is 2.46 bits per heavy atom. The van der Waals surface area contributed by atoms with E-state index in [4.69, 9.17) is 6.42 Å². The Bertz CT molecular complexity index is 684. The molecule has 1 aromatic carbocycles. The maximum atomic E-state index is 12.2. The van der Waals surface area contributed by atoms with Crippen molar-refractivity contribution in [1.29, 1.82) is 0 Å². The molecule has 0 atom stereocenters. The van der Waals surface area contributed by atoms with Crippen molar-refractivity contribution in [2.75, 3.05) is 13.1 Å². The summed E-state index contributed by atoms with van der Waals surface area (Å²) in [5.41, 5.74) is 1.21. The Morgan fingerprint density at radius 2 is 1.83 bits per heavy atom. The molecule has 1 aromatic rings. The molecule has 0 saturated heterocycles. The molecule has 2 N–H and O–H groups in total. The Hall–Kier alpha value is -1.84. The van der Waals surface area contributed by atoms with Crippen LogP contribution in [0.25, 0.3) is 0 Å². The van der Waals surface area contributed by atoms with Crippen molar-refractivity contribution in [3.05, 3.63) is 29.8 Å². The van der Waals surface area contributed by atoms with E-state index in [1.54, 1.807) is 12.1 Å². The molecule has 0 bridgehead atoms. The van der Waals surface area contributed by atoms with Crippen molar-refractivity contribution in [3.63, 3.8) is 0 Å². The van der Waals surface area contributed by atoms with Crippen LogP contribution in [-0.4, -0.2) is 27.4 Å². The number of sulfonamides is 1. The fraction of sp³-hybridized carbons (Fsp3) is 0.500. The first-order valence-electron chi connectivity index (χ1n) is 8.33. The van der Waals surface area contributed by atoms with Crippen LogP contribution in [0, 0.1) is 12.3 Å². The number of terminal acetylenes is 1. The first-order valence-corrected chi connectivity index (χ1v) is 9.81. The number of nitrogens with one attached hydrogen (secondary N) is 2. The van der Waals surface area contributed by atoms with E-state index in [2.05, 4.69) is 16.0 Å². The predicted molar refractivity (Wildman–Crippen MR) is 93.9 cm³/mol. The molecule has 0 spiro atoms. The lowest BCUT2D eigenvalue weighted by molar-refractivity contribution is -0.120. The van der Waals surface area contributed by atoms with Crippen molar-refractivity contribution in [2.45, 2.75) is 49.3 Å². The summed E-state index contributed by atoms with van der Waals surface area (Å²) in [5, 5.41) is 2.49. The van der Waals surface area contributed by atoms with Gasteiger partial charge in [-0.1, -0.05) is 37.3 Å². The lowest BCUT2D eigenvalue weighted by Crippen LogP contribution is -2.30. The monoisotopic (exact) mass is 348 g/mol. The molecule has 1 fully saturated rings. The standard InChI is InChI=1S/C18H24N2O3S/c1-2-13-19-18(21)12-14-20-24(22,23)17-10-8-16(9-11-17)15-6-4-3-5-7-15/h1,8-11,15,20H,3-7,12-14H2,(H,19,21). The van der Waals surface area contributed by atoms with Crippen molar-refractivity contribution in [2.24, 2.45) is 0 Å². The zero-order valence-electron chi connectivity index (χ0n) is 13.8. The van der Waals surface area contributed by atoms with Crippen molar-refractivity contribution in [1.82, 2.24) is 10.0 Å². The number of amides is 1. The molecular formula is C18H24N2O3S. The smallest absolute Gasteiger partial charge is 0.240 e. The Balaban J connectivity index is 1.89. The average molecular weight is 348 g/mol. The molecule has 5 nitrogen and oxygen atoms in total. The minimum Gasteiger partial charge on any atom is -0.345 e. The Kier molecular flexibility index (Phi) is 6.83. The van der Waals surface area contributed by atoms with Gasteiger partial charge in [0.05, 0.1) is 11.4 Å². The molecule has 1 amide bonds. The van der Waals surface area contributed by atoms with Crippen molar-refractivity contribution in [3.8, 4) is 12.3 Å². The van der Waals surface area contributed by atoms with Crippen LogP contribution in [0.2, 0.25) is 0 Å². The lowest BCUT2D eigenvalue weighted by Gasteiger charge is -2.22. The van der Waals surface area contributed by atoms with Gasteiger partial charge >= 0.3 is 0 Å². The summed E-state index contributed by atoms with van der Waals surface area (Å²) in [5.74, 6) is 2.56. The van der Waals surface area contributed by atoms with Crippen LogP contribution in [-0.2, 0) is 14.8 Å². The number of carbonyl (C=O) groups excluding carboxylic acids is 1. The van der Waals surface area contributed by atoms with E-state index in [9.17, 15) is 13.2 Å². The Labute approximate surface area is 144 Å². The highest BCUT2D eigenvalue weighted by Gasteiger charge is 2.18. The summed E-state index contributed by atoms with van der Waals surface area (Å²) in [6, 6.07) is 7.10. The highest BCUT2D eigenvalue weighted by molar-refractivity contribution is 7.89. The van der Waals surface area contributed by atoms with Gasteiger partial charge in [0, 0.05) is 13.0 Å². The number of carbonyl (C=O) groups is 1. The quantitative estimate of drug-likeness (QED) is 0.742. The van der Waals surface area contributed by atoms with Crippen LogP contribution in [0.15, 0.2) is 29.2 Å². The number of hydrogen-bond donors (Lipinski definition) is 2. The second kappa shape index (κ2) is 8.86. The zero-order valence-corrected chi connectivity index (χ0v) is 14.6. The van der Waals surface area contributed by atoms with Crippen LogP contribution in [0.1, 0.15) is 50.0 Å². The van der Waals surface area contributed by atoms with Gasteiger partial charge in [-0.2, -0.15) is 0 Å². The summed E-state index contributed by atoms with van der Waals surface area (Å²) in [4.78, 5) is 11.6. The van der Waals surface area contributed by atoms with Gasteiger partial charge in [-0.3, -0.25) is 4.79 Å². The molecule has 130 valence electrons. The molecule has 2 rings (SSSR count). The van der Waals surface area contributed by atoms with Gasteiger partial charge in [0.25, 0.3) is 0 Å².